The molecular weight excluding hydrogens is 333 g/mol. The van der Waals surface area contributed by atoms with E-state index in [0.29, 0.717) is 5.56 Å². The Balaban J connectivity index is 2.86. The molecule has 0 bridgehead atoms. The van der Waals surface area contributed by atoms with Gasteiger partial charge in [-0.15, -0.1) is 4.72 Å². The van der Waals surface area contributed by atoms with Crippen LogP contribution in [0.25, 0.3) is 0 Å². The zero-order valence-corrected chi connectivity index (χ0v) is 14.2. The summed E-state index contributed by atoms with van der Waals surface area (Å²) in [4.78, 5) is 3.82. The number of hydrogen-bond acceptors (Lipinski definition) is 5. The van der Waals surface area contributed by atoms with Gasteiger partial charge in [-0.25, -0.2) is 4.98 Å². The lowest BCUT2D eigenvalue weighted by molar-refractivity contribution is -0.154. The molecule has 0 saturated heterocycles. The third-order valence-corrected chi connectivity index (χ3v) is 4.51. The highest BCUT2D eigenvalue weighted by atomic mass is 32.2. The first-order valence-electron chi connectivity index (χ1n) is 6.91. The smallest absolute Gasteiger partial charge is 0.422 e. The third-order valence-electron chi connectivity index (χ3n) is 2.83. The van der Waals surface area contributed by atoms with E-state index in [1.165, 1.54) is 12.3 Å². The fourth-order valence-corrected chi connectivity index (χ4v) is 2.36. The average molecular weight is 354 g/mol. The van der Waals surface area contributed by atoms with E-state index >= 15 is 0 Å². The molecule has 1 heterocycles. The average Bonchev–Trinajstić information content (AvgIpc) is 2.42. The third kappa shape index (κ3) is 6.54. The van der Waals surface area contributed by atoms with Crippen molar-refractivity contribution in [2.24, 2.45) is 0 Å². The Labute approximate surface area is 136 Å². The van der Waals surface area contributed by atoms with Crippen LogP contribution in [-0.4, -0.2) is 32.2 Å². The van der Waals surface area contributed by atoms with E-state index in [1.807, 2.05) is 20.8 Å². The molecule has 0 amide bonds. The Kier molecular flexibility index (Phi) is 6.70. The molecule has 9 heteroatoms. The Hall–Kier alpha value is -1.03. The summed E-state index contributed by atoms with van der Waals surface area (Å²) in [7, 11) is 0. The number of rotatable bonds is 6. The van der Waals surface area contributed by atoms with E-state index in [4.69, 9.17) is 0 Å². The van der Waals surface area contributed by atoms with Gasteiger partial charge in [0.25, 0.3) is 0 Å². The number of ether oxygens (including phenoxy) is 1. The van der Waals surface area contributed by atoms with Crippen molar-refractivity contribution < 1.29 is 27.6 Å². The molecular formula is C14H21F3N2O3S. The van der Waals surface area contributed by atoms with Crippen LogP contribution in [0.15, 0.2) is 12.3 Å². The summed E-state index contributed by atoms with van der Waals surface area (Å²) in [5.74, 6) is -0.266. The summed E-state index contributed by atoms with van der Waals surface area (Å²) in [6, 6.07) is 1.13. The molecule has 1 aromatic heterocycles. The number of pyridine rings is 1. The van der Waals surface area contributed by atoms with E-state index in [1.54, 1.807) is 6.92 Å². The molecule has 2 N–H and O–H groups in total. The van der Waals surface area contributed by atoms with Crippen molar-refractivity contribution in [3.8, 4) is 5.88 Å². The molecule has 0 saturated carbocycles. The van der Waals surface area contributed by atoms with Gasteiger partial charge in [0.15, 0.2) is 6.61 Å². The highest BCUT2D eigenvalue weighted by molar-refractivity contribution is 7.90. The summed E-state index contributed by atoms with van der Waals surface area (Å²) >= 11 is -1.32. The molecule has 0 spiro atoms. The van der Waals surface area contributed by atoms with Crippen molar-refractivity contribution in [3.05, 3.63) is 23.4 Å². The first-order chi connectivity index (χ1) is 10.4. The Morgan fingerprint density at radius 1 is 1.39 bits per heavy atom. The normalized spacial score (nSPS) is 15.3. The molecule has 0 aliphatic rings. The van der Waals surface area contributed by atoms with E-state index in [2.05, 4.69) is 14.4 Å². The Morgan fingerprint density at radius 2 is 2.00 bits per heavy atom. The lowest BCUT2D eigenvalue weighted by atomic mass is 10.1. The van der Waals surface area contributed by atoms with Gasteiger partial charge in [-0.2, -0.15) is 13.2 Å². The second kappa shape index (κ2) is 7.69. The summed E-state index contributed by atoms with van der Waals surface area (Å²) in [5, 5.41) is 9.28. The summed E-state index contributed by atoms with van der Waals surface area (Å²) in [6.45, 7) is 5.20. The zero-order chi connectivity index (χ0) is 17.8. The maximum Gasteiger partial charge on any atom is 0.422 e. The topological polar surface area (TPSA) is 77.4 Å². The highest BCUT2D eigenvalue weighted by Gasteiger charge is 2.30. The van der Waals surface area contributed by atoms with Crippen LogP contribution in [0.1, 0.15) is 44.9 Å². The number of aliphatic hydroxyl groups is 1. The molecule has 0 aliphatic carbocycles. The molecule has 0 aliphatic heterocycles. The molecule has 1 rings (SSSR count). The second-order valence-corrected chi connectivity index (χ2v) is 8.01. The molecule has 0 radical (unpaired) electrons. The highest BCUT2D eigenvalue weighted by Crippen LogP contribution is 2.25. The zero-order valence-electron chi connectivity index (χ0n) is 13.4. The number of aliphatic hydroxyl groups excluding tert-OH is 1. The van der Waals surface area contributed by atoms with Crippen LogP contribution in [0.2, 0.25) is 0 Å². The van der Waals surface area contributed by atoms with Gasteiger partial charge in [-0.1, -0.05) is 0 Å². The maximum atomic E-state index is 12.2. The Morgan fingerprint density at radius 3 is 2.48 bits per heavy atom. The molecule has 2 atom stereocenters. The fourth-order valence-electron chi connectivity index (χ4n) is 1.55. The van der Waals surface area contributed by atoms with E-state index in [0.717, 1.165) is 0 Å². The van der Waals surface area contributed by atoms with Crippen LogP contribution in [0, 0.1) is 0 Å². The van der Waals surface area contributed by atoms with Crippen LogP contribution in [0.5, 0.6) is 5.88 Å². The van der Waals surface area contributed by atoms with E-state index in [-0.39, 0.29) is 17.5 Å². The SMILES string of the molecule is C[C@@H](N[S@+]([O-])C(C)(C)C)c1cnc(OCC(F)(F)F)c(CO)c1. The van der Waals surface area contributed by atoms with Gasteiger partial charge in [0, 0.05) is 23.1 Å². The number of halogens is 3. The van der Waals surface area contributed by atoms with Crippen molar-refractivity contribution >= 4 is 11.4 Å². The number of aromatic nitrogens is 1. The van der Waals surface area contributed by atoms with Crippen LogP contribution < -0.4 is 9.46 Å². The molecule has 0 fully saturated rings. The second-order valence-electron chi connectivity index (χ2n) is 6.02. The number of nitrogens with zero attached hydrogens (tertiary/aromatic N) is 1. The maximum absolute atomic E-state index is 12.2. The molecule has 0 aromatic carbocycles. The lowest BCUT2D eigenvalue weighted by Gasteiger charge is -2.26. The summed E-state index contributed by atoms with van der Waals surface area (Å²) < 4.78 is 55.6. The van der Waals surface area contributed by atoms with Crippen molar-refractivity contribution in [2.45, 2.75) is 51.3 Å². The summed E-state index contributed by atoms with van der Waals surface area (Å²) in [5.41, 5.74) is 0.730. The first kappa shape index (κ1) is 20.0. The van der Waals surface area contributed by atoms with Gasteiger partial charge in [-0.3, -0.25) is 0 Å². The van der Waals surface area contributed by atoms with Crippen LogP contribution in [-0.2, 0) is 18.0 Å². The molecule has 1 aromatic rings. The standard InChI is InChI=1S/C14H21F3N2O3S/c1-9(19-23(21)13(2,3)4)10-5-11(7-20)12(18-6-10)22-8-14(15,16)17/h5-6,9,19-20H,7-8H2,1-4H3/t9-,23-/m1/s1. The van der Waals surface area contributed by atoms with Gasteiger partial charge in [0.1, 0.15) is 4.75 Å². The minimum Gasteiger partial charge on any atom is -0.598 e. The van der Waals surface area contributed by atoms with Gasteiger partial charge < -0.3 is 14.4 Å². The van der Waals surface area contributed by atoms with Crippen LogP contribution in [0.4, 0.5) is 13.2 Å². The molecule has 132 valence electrons. The number of nitrogens with one attached hydrogen (secondary N) is 1. The Bertz CT molecular complexity index is 521. The minimum absolute atomic E-state index is 0.141. The van der Waals surface area contributed by atoms with Gasteiger partial charge in [0.05, 0.1) is 12.6 Å². The van der Waals surface area contributed by atoms with Gasteiger partial charge >= 0.3 is 6.18 Å². The van der Waals surface area contributed by atoms with E-state index < -0.39 is 35.5 Å². The fraction of sp³-hybridized carbons (Fsp3) is 0.643. The van der Waals surface area contributed by atoms with Crippen molar-refractivity contribution in [1.29, 1.82) is 0 Å². The van der Waals surface area contributed by atoms with Crippen molar-refractivity contribution in [2.75, 3.05) is 6.61 Å². The number of alkyl halides is 3. The monoisotopic (exact) mass is 354 g/mol. The predicted octanol–water partition coefficient (Wildman–Crippen LogP) is 2.63. The summed E-state index contributed by atoms with van der Waals surface area (Å²) in [6.07, 6.45) is -3.14. The molecule has 5 nitrogen and oxygen atoms in total. The molecule has 0 unspecified atom stereocenters. The van der Waals surface area contributed by atoms with Gasteiger partial charge in [0.2, 0.25) is 5.88 Å². The van der Waals surface area contributed by atoms with Crippen molar-refractivity contribution in [1.82, 2.24) is 9.71 Å². The largest absolute Gasteiger partial charge is 0.598 e. The minimum atomic E-state index is -4.48. The lowest BCUT2D eigenvalue weighted by Crippen LogP contribution is -2.40. The van der Waals surface area contributed by atoms with Crippen LogP contribution in [0.3, 0.4) is 0 Å². The number of hydrogen-bond donors (Lipinski definition) is 2. The predicted molar refractivity (Wildman–Crippen MR) is 81.2 cm³/mol. The van der Waals surface area contributed by atoms with Crippen molar-refractivity contribution in [3.63, 3.8) is 0 Å². The first-order valence-corrected chi connectivity index (χ1v) is 8.06. The molecule has 23 heavy (non-hydrogen) atoms. The van der Waals surface area contributed by atoms with Gasteiger partial charge in [-0.05, 0) is 39.3 Å². The van der Waals surface area contributed by atoms with E-state index in [9.17, 15) is 22.8 Å². The quantitative estimate of drug-likeness (QED) is 0.768. The van der Waals surface area contributed by atoms with Crippen LogP contribution >= 0.6 is 0 Å².